The van der Waals surface area contributed by atoms with E-state index < -0.39 is 11.8 Å². The molecule has 0 spiro atoms. The number of fused-ring (bicyclic) bond motifs is 2. The topological polar surface area (TPSA) is 91.9 Å². The number of piperidine rings is 1. The van der Waals surface area contributed by atoms with E-state index in [1.807, 2.05) is 53.2 Å². The SMILES string of the molecule is CN(C)C(=O)CN1CCC(n2cc(C3=C(c4cnc5ccccn45)C(=O)NC3=O)c3cc(Cl)ccc32)C(C)(C)C1. The van der Waals surface area contributed by atoms with Crippen molar-refractivity contribution < 1.29 is 14.4 Å². The first kappa shape index (κ1) is 26.3. The molecule has 0 saturated carbocycles. The molecular formula is C30H31ClN6O3. The van der Waals surface area contributed by atoms with E-state index in [1.165, 1.54) is 0 Å². The van der Waals surface area contributed by atoms with Gasteiger partial charge in [0.25, 0.3) is 11.8 Å². The van der Waals surface area contributed by atoms with Gasteiger partial charge >= 0.3 is 0 Å². The average molecular weight is 559 g/mol. The van der Waals surface area contributed by atoms with E-state index in [-0.39, 0.29) is 17.4 Å². The minimum Gasteiger partial charge on any atom is -0.348 e. The van der Waals surface area contributed by atoms with E-state index >= 15 is 0 Å². The van der Waals surface area contributed by atoms with Gasteiger partial charge in [-0.25, -0.2) is 4.98 Å². The van der Waals surface area contributed by atoms with Gasteiger partial charge in [0.15, 0.2) is 0 Å². The monoisotopic (exact) mass is 558 g/mol. The molecule has 0 aliphatic carbocycles. The molecule has 206 valence electrons. The molecule has 0 radical (unpaired) electrons. The number of imide groups is 1. The normalized spacial score (nSPS) is 19.6. The summed E-state index contributed by atoms with van der Waals surface area (Å²) in [6.07, 6.45) is 6.27. The summed E-state index contributed by atoms with van der Waals surface area (Å²) in [7, 11) is 3.55. The van der Waals surface area contributed by atoms with E-state index in [9.17, 15) is 14.4 Å². The number of rotatable bonds is 5. The molecule has 1 fully saturated rings. The highest BCUT2D eigenvalue weighted by atomic mass is 35.5. The van der Waals surface area contributed by atoms with Crippen LogP contribution in [0.25, 0.3) is 27.7 Å². The summed E-state index contributed by atoms with van der Waals surface area (Å²) in [5, 5.41) is 3.86. The molecule has 1 saturated heterocycles. The second-order valence-corrected chi connectivity index (χ2v) is 11.9. The predicted octanol–water partition coefficient (Wildman–Crippen LogP) is 3.87. The van der Waals surface area contributed by atoms with Crippen LogP contribution in [0.1, 0.15) is 37.6 Å². The van der Waals surface area contributed by atoms with Gasteiger partial charge < -0.3 is 9.47 Å². The molecule has 2 aliphatic heterocycles. The smallest absolute Gasteiger partial charge is 0.261 e. The standard InChI is InChI=1S/C30H31ClN6O3/c1-30(2)17-35(16-25(38)34(3)4)12-10-23(30)37-15-20(19-13-18(31)8-9-21(19)37)26-27(29(40)33-28(26)39)22-14-32-24-7-5-6-11-36(22)24/h5-9,11,13-15,23H,10,12,16-17H2,1-4H3,(H,33,39,40). The van der Waals surface area contributed by atoms with Gasteiger partial charge in [-0.3, -0.25) is 29.0 Å². The molecule has 10 heteroatoms. The van der Waals surface area contributed by atoms with Gasteiger partial charge in [0.1, 0.15) is 5.65 Å². The number of carbonyl (C=O) groups excluding carboxylic acids is 3. The summed E-state index contributed by atoms with van der Waals surface area (Å²) in [6, 6.07) is 11.4. The number of amides is 3. The molecule has 1 aromatic carbocycles. The summed E-state index contributed by atoms with van der Waals surface area (Å²) >= 11 is 6.47. The number of pyridine rings is 1. The van der Waals surface area contributed by atoms with Crippen LogP contribution < -0.4 is 5.32 Å². The molecule has 5 heterocycles. The van der Waals surface area contributed by atoms with E-state index in [4.69, 9.17) is 11.6 Å². The minimum absolute atomic E-state index is 0.0846. The Morgan fingerprint density at radius 3 is 2.67 bits per heavy atom. The number of imidazole rings is 1. The van der Waals surface area contributed by atoms with Crippen molar-refractivity contribution in [1.82, 2.24) is 29.1 Å². The number of nitrogens with one attached hydrogen (secondary N) is 1. The number of likely N-dealkylation sites (N-methyl/N-ethyl adjacent to an activating group) is 1. The second-order valence-electron chi connectivity index (χ2n) is 11.5. The lowest BCUT2D eigenvalue weighted by Gasteiger charge is -2.45. The maximum absolute atomic E-state index is 13.4. The van der Waals surface area contributed by atoms with Crippen molar-refractivity contribution >= 4 is 57.0 Å². The van der Waals surface area contributed by atoms with E-state index in [1.54, 1.807) is 25.2 Å². The molecule has 1 unspecified atom stereocenters. The second kappa shape index (κ2) is 9.60. The number of hydrogen-bond donors (Lipinski definition) is 1. The summed E-state index contributed by atoms with van der Waals surface area (Å²) in [5.41, 5.74) is 3.25. The fourth-order valence-corrected chi connectivity index (χ4v) is 6.37. The Labute approximate surface area is 237 Å². The first-order valence-electron chi connectivity index (χ1n) is 13.3. The number of nitrogens with zero attached hydrogens (tertiary/aromatic N) is 5. The van der Waals surface area contributed by atoms with Crippen molar-refractivity contribution in [2.45, 2.75) is 26.3 Å². The summed E-state index contributed by atoms with van der Waals surface area (Å²) in [5.74, 6) is -0.810. The fourth-order valence-electron chi connectivity index (χ4n) is 6.20. The number of carbonyl (C=O) groups is 3. The summed E-state index contributed by atoms with van der Waals surface area (Å²) < 4.78 is 4.04. The highest BCUT2D eigenvalue weighted by molar-refractivity contribution is 6.50. The van der Waals surface area contributed by atoms with Gasteiger partial charge in [-0.05, 0) is 42.2 Å². The largest absolute Gasteiger partial charge is 0.348 e. The maximum Gasteiger partial charge on any atom is 0.261 e. The van der Waals surface area contributed by atoms with Crippen molar-refractivity contribution in [3.05, 3.63) is 71.3 Å². The number of aromatic nitrogens is 3. The van der Waals surface area contributed by atoms with Gasteiger partial charge in [0.2, 0.25) is 5.91 Å². The first-order valence-corrected chi connectivity index (χ1v) is 13.7. The van der Waals surface area contributed by atoms with E-state index in [0.717, 1.165) is 30.4 Å². The third kappa shape index (κ3) is 4.30. The number of likely N-dealkylation sites (tertiary alicyclic amines) is 1. The van der Waals surface area contributed by atoms with Crippen molar-refractivity contribution in [1.29, 1.82) is 0 Å². The summed E-state index contributed by atoms with van der Waals surface area (Å²) in [4.78, 5) is 47.2. The zero-order valence-electron chi connectivity index (χ0n) is 22.9. The lowest BCUT2D eigenvalue weighted by molar-refractivity contribution is -0.131. The lowest BCUT2D eigenvalue weighted by atomic mass is 9.78. The number of hydrogen-bond acceptors (Lipinski definition) is 5. The van der Waals surface area contributed by atoms with Crippen LogP contribution in [0.4, 0.5) is 0 Å². The molecule has 3 aromatic heterocycles. The quantitative estimate of drug-likeness (QED) is 0.375. The van der Waals surface area contributed by atoms with E-state index in [2.05, 4.69) is 33.6 Å². The Morgan fingerprint density at radius 2 is 1.93 bits per heavy atom. The number of benzene rings is 1. The highest BCUT2D eigenvalue weighted by Crippen LogP contribution is 2.44. The molecule has 40 heavy (non-hydrogen) atoms. The Morgan fingerprint density at radius 1 is 1.15 bits per heavy atom. The Hall–Kier alpha value is -3.95. The first-order chi connectivity index (χ1) is 19.0. The molecule has 6 rings (SSSR count). The fraction of sp³-hybridized carbons (Fsp3) is 0.333. The van der Waals surface area contributed by atoms with Crippen molar-refractivity contribution in [3.63, 3.8) is 0 Å². The van der Waals surface area contributed by atoms with Crippen LogP contribution in [0.15, 0.2) is 55.0 Å². The molecule has 0 bridgehead atoms. The van der Waals surface area contributed by atoms with Crippen LogP contribution in [0, 0.1) is 5.41 Å². The zero-order valence-corrected chi connectivity index (χ0v) is 23.7. The van der Waals surface area contributed by atoms with Crippen LogP contribution in [0.2, 0.25) is 5.02 Å². The van der Waals surface area contributed by atoms with Crippen LogP contribution in [0.5, 0.6) is 0 Å². The van der Waals surface area contributed by atoms with Crippen molar-refractivity contribution in [2.24, 2.45) is 5.41 Å². The molecule has 3 amide bonds. The van der Waals surface area contributed by atoms with Gasteiger partial charge in [0.05, 0.1) is 29.6 Å². The van der Waals surface area contributed by atoms with Crippen LogP contribution in [-0.4, -0.2) is 75.2 Å². The van der Waals surface area contributed by atoms with Crippen LogP contribution in [0.3, 0.4) is 0 Å². The Bertz CT molecular complexity index is 1730. The molecule has 4 aromatic rings. The Balaban J connectivity index is 1.49. The zero-order chi connectivity index (χ0) is 28.3. The maximum atomic E-state index is 13.4. The van der Waals surface area contributed by atoms with Crippen molar-refractivity contribution in [2.75, 3.05) is 33.7 Å². The van der Waals surface area contributed by atoms with Gasteiger partial charge in [0, 0.05) is 67.1 Å². The van der Waals surface area contributed by atoms with Gasteiger partial charge in [-0.2, -0.15) is 0 Å². The third-order valence-corrected chi connectivity index (χ3v) is 8.35. The molecule has 1 N–H and O–H groups in total. The van der Waals surface area contributed by atoms with Crippen molar-refractivity contribution in [3.8, 4) is 0 Å². The lowest BCUT2D eigenvalue weighted by Crippen LogP contribution is -2.49. The predicted molar refractivity (Wildman–Crippen MR) is 155 cm³/mol. The van der Waals surface area contributed by atoms with E-state index in [0.29, 0.717) is 39.6 Å². The minimum atomic E-state index is -0.451. The average Bonchev–Trinajstić information content (AvgIpc) is 3.55. The Kier molecular flexibility index (Phi) is 6.31. The van der Waals surface area contributed by atoms with Crippen LogP contribution in [-0.2, 0) is 14.4 Å². The molecule has 9 nitrogen and oxygen atoms in total. The molecular weight excluding hydrogens is 528 g/mol. The van der Waals surface area contributed by atoms with Gasteiger partial charge in [-0.1, -0.05) is 31.5 Å². The number of halogens is 1. The van der Waals surface area contributed by atoms with Crippen LogP contribution >= 0.6 is 11.6 Å². The van der Waals surface area contributed by atoms with Gasteiger partial charge in [-0.15, -0.1) is 0 Å². The molecule has 1 atom stereocenters. The highest BCUT2D eigenvalue weighted by Gasteiger charge is 2.40. The third-order valence-electron chi connectivity index (χ3n) is 8.11. The summed E-state index contributed by atoms with van der Waals surface area (Å²) in [6.45, 7) is 6.31. The molecule has 2 aliphatic rings.